The van der Waals surface area contributed by atoms with Gasteiger partial charge in [-0.25, -0.2) is 14.8 Å². The molecule has 246 valence electrons. The molecule has 3 atom stereocenters. The lowest BCUT2D eigenvalue weighted by Gasteiger charge is -2.39. The Labute approximate surface area is 278 Å². The molecule has 5 aromatic rings. The number of pyridine rings is 1. The molecular weight excluding hydrogens is 604 g/mol. The van der Waals surface area contributed by atoms with Crippen molar-refractivity contribution in [3.63, 3.8) is 0 Å². The molecule has 3 amide bonds. The topological polar surface area (TPSA) is 124 Å². The summed E-state index contributed by atoms with van der Waals surface area (Å²) in [5, 5.41) is 4.07. The third kappa shape index (κ3) is 4.90. The third-order valence-corrected chi connectivity index (χ3v) is 10.9. The van der Waals surface area contributed by atoms with Gasteiger partial charge in [-0.15, -0.1) is 0 Å². The number of benzene rings is 2. The summed E-state index contributed by atoms with van der Waals surface area (Å²) in [6.45, 7) is 3.49. The maximum absolute atomic E-state index is 13.9. The van der Waals surface area contributed by atoms with Crippen LogP contribution in [-0.2, 0) is 13.1 Å². The molecule has 4 fully saturated rings. The molecule has 3 N–H and O–H groups in total. The molecule has 5 heterocycles. The number of nitrogens with one attached hydrogen (secondary N) is 1. The summed E-state index contributed by atoms with van der Waals surface area (Å²) in [4.78, 5) is 40.8. The zero-order chi connectivity index (χ0) is 32.5. The van der Waals surface area contributed by atoms with Gasteiger partial charge >= 0.3 is 6.03 Å². The van der Waals surface area contributed by atoms with Crippen LogP contribution in [0.5, 0.6) is 5.75 Å². The second-order valence-electron chi connectivity index (χ2n) is 14.1. The number of likely N-dealkylation sites (tertiary alicyclic amines) is 2. The lowest BCUT2D eigenvalue weighted by Crippen LogP contribution is -2.53. The summed E-state index contributed by atoms with van der Waals surface area (Å²) in [5.41, 5.74) is 11.4. The van der Waals surface area contributed by atoms with Crippen LogP contribution in [0.25, 0.3) is 33.6 Å². The number of ether oxygens (including phenoxy) is 1. The van der Waals surface area contributed by atoms with Crippen LogP contribution >= 0.6 is 0 Å². The Morgan fingerprint density at radius 1 is 0.938 bits per heavy atom. The van der Waals surface area contributed by atoms with Crippen molar-refractivity contribution >= 4 is 39.7 Å². The number of fused-ring (bicyclic) bond motifs is 4. The van der Waals surface area contributed by atoms with Gasteiger partial charge in [0, 0.05) is 73.6 Å². The Balaban J connectivity index is 1.10. The summed E-state index contributed by atoms with van der Waals surface area (Å²) in [6.07, 6.45) is 6.32. The number of urea groups is 1. The largest absolute Gasteiger partial charge is 0.494 e. The normalized spacial score (nSPS) is 22.1. The number of carbonyl (C=O) groups excluding carboxylic acids is 2. The van der Waals surface area contributed by atoms with Gasteiger partial charge in [-0.3, -0.25) is 4.79 Å². The van der Waals surface area contributed by atoms with Gasteiger partial charge in [-0.1, -0.05) is 18.2 Å². The van der Waals surface area contributed by atoms with E-state index < -0.39 is 0 Å². The van der Waals surface area contributed by atoms with Crippen molar-refractivity contribution in [2.24, 2.45) is 23.5 Å². The summed E-state index contributed by atoms with van der Waals surface area (Å²) < 4.78 is 10.6. The van der Waals surface area contributed by atoms with E-state index in [4.69, 9.17) is 20.4 Å². The first-order valence-electron chi connectivity index (χ1n) is 17.2. The van der Waals surface area contributed by atoms with Crippen LogP contribution in [0.15, 0.2) is 66.9 Å². The van der Waals surface area contributed by atoms with Crippen molar-refractivity contribution in [1.29, 1.82) is 0 Å². The Hall–Kier alpha value is -4.90. The highest BCUT2D eigenvalue weighted by Gasteiger charge is 2.47. The van der Waals surface area contributed by atoms with E-state index in [0.717, 1.165) is 58.7 Å². The first-order chi connectivity index (χ1) is 23.4. The summed E-state index contributed by atoms with van der Waals surface area (Å²) in [6, 6.07) is 19.6. The van der Waals surface area contributed by atoms with E-state index >= 15 is 0 Å². The van der Waals surface area contributed by atoms with Gasteiger partial charge in [-0.2, -0.15) is 0 Å². The maximum Gasteiger partial charge on any atom is 0.321 e. The fourth-order valence-corrected chi connectivity index (χ4v) is 8.18. The maximum atomic E-state index is 13.9. The number of piperidine rings is 1. The van der Waals surface area contributed by atoms with Crippen molar-refractivity contribution in [1.82, 2.24) is 28.9 Å². The Morgan fingerprint density at radius 3 is 2.48 bits per heavy atom. The number of para-hydroxylation sites is 1. The molecular formula is C37H40N8O3. The predicted octanol–water partition coefficient (Wildman–Crippen LogP) is 5.20. The van der Waals surface area contributed by atoms with Crippen molar-refractivity contribution in [3.05, 3.63) is 72.4 Å². The summed E-state index contributed by atoms with van der Waals surface area (Å²) in [7, 11) is 1.65. The van der Waals surface area contributed by atoms with E-state index in [1.165, 1.54) is 12.8 Å². The fraction of sp³-hybridized carbons (Fsp3) is 0.405. The van der Waals surface area contributed by atoms with Crippen LogP contribution in [0.3, 0.4) is 0 Å². The first kappa shape index (κ1) is 29.3. The minimum Gasteiger partial charge on any atom is -0.494 e. The van der Waals surface area contributed by atoms with Gasteiger partial charge in [0.15, 0.2) is 5.82 Å². The minimum atomic E-state index is -0.0973. The molecule has 2 aromatic carbocycles. The van der Waals surface area contributed by atoms with Gasteiger partial charge in [0.2, 0.25) is 0 Å². The fourth-order valence-electron chi connectivity index (χ4n) is 8.18. The van der Waals surface area contributed by atoms with Gasteiger partial charge in [-0.05, 0) is 80.0 Å². The number of hydrogen-bond donors (Lipinski definition) is 2. The molecule has 2 aliphatic heterocycles. The van der Waals surface area contributed by atoms with Crippen LogP contribution in [0.2, 0.25) is 0 Å². The molecule has 11 heteroatoms. The number of imidazole rings is 1. The molecule has 2 saturated carbocycles. The lowest BCUT2D eigenvalue weighted by molar-refractivity contribution is 0.0700. The standard InChI is InChI=1S/C37H40N8O3/c1-48-31-16-26(36(46)44-21-25-11-12-29(44)32(25)38)14-28-33(31)45(20-23-17-42(18-23)37(47)40-27-7-3-2-4-8-27)35(41-28)30-15-24-6-5-13-39-34(24)43(30)19-22-9-10-22/h2-8,13-16,22-23,25,29,32H,9-12,17-21,38H2,1H3,(H,40,47). The van der Waals surface area contributed by atoms with Crippen molar-refractivity contribution < 1.29 is 14.3 Å². The zero-order valence-electron chi connectivity index (χ0n) is 27.1. The number of hydrogen-bond acceptors (Lipinski definition) is 6. The molecule has 3 aromatic heterocycles. The Bertz CT molecular complexity index is 2040. The SMILES string of the molecule is COc1cc(C(=O)N2CC3CCC2C3N)cc2nc(-c3cc4cccnc4n3CC3CC3)n(CC3CN(C(=O)Nc4ccccc4)C3)c12. The zero-order valence-corrected chi connectivity index (χ0v) is 27.1. The van der Waals surface area contributed by atoms with Crippen LogP contribution in [0, 0.1) is 17.8 Å². The Morgan fingerprint density at radius 2 is 1.75 bits per heavy atom. The van der Waals surface area contributed by atoms with Crippen LogP contribution < -0.4 is 15.8 Å². The molecule has 0 radical (unpaired) electrons. The van der Waals surface area contributed by atoms with E-state index in [0.29, 0.717) is 49.3 Å². The predicted molar refractivity (Wildman–Crippen MR) is 184 cm³/mol. The molecule has 3 unspecified atom stereocenters. The van der Waals surface area contributed by atoms with Crippen LogP contribution in [0.4, 0.5) is 10.5 Å². The molecule has 4 aliphatic rings. The highest BCUT2D eigenvalue weighted by atomic mass is 16.5. The number of anilines is 1. The lowest BCUT2D eigenvalue weighted by atomic mass is 10.0. The van der Waals surface area contributed by atoms with Gasteiger partial charge in [0.1, 0.15) is 16.9 Å². The van der Waals surface area contributed by atoms with Crippen molar-refractivity contribution in [2.45, 2.75) is 50.9 Å². The van der Waals surface area contributed by atoms with E-state index in [1.807, 2.05) is 64.5 Å². The highest BCUT2D eigenvalue weighted by molar-refractivity contribution is 6.00. The number of carbonyl (C=O) groups is 2. The summed E-state index contributed by atoms with van der Waals surface area (Å²) in [5.74, 6) is 2.64. The van der Waals surface area contributed by atoms with Gasteiger partial charge < -0.3 is 34.7 Å². The first-order valence-corrected chi connectivity index (χ1v) is 17.2. The van der Waals surface area contributed by atoms with E-state index in [9.17, 15) is 9.59 Å². The highest BCUT2D eigenvalue weighted by Crippen LogP contribution is 2.41. The van der Waals surface area contributed by atoms with Crippen molar-refractivity contribution in [2.75, 3.05) is 32.1 Å². The molecule has 11 nitrogen and oxygen atoms in total. The second kappa shape index (κ2) is 11.4. The molecule has 2 saturated heterocycles. The number of rotatable bonds is 8. The number of amides is 3. The van der Waals surface area contributed by atoms with Crippen LogP contribution in [0.1, 0.15) is 36.0 Å². The molecule has 48 heavy (non-hydrogen) atoms. The second-order valence-corrected chi connectivity index (χ2v) is 14.1. The molecule has 0 spiro atoms. The van der Waals surface area contributed by atoms with Gasteiger partial charge in [0.05, 0.1) is 18.3 Å². The monoisotopic (exact) mass is 644 g/mol. The van der Waals surface area contributed by atoms with Crippen molar-refractivity contribution in [3.8, 4) is 17.3 Å². The number of methoxy groups -OCH3 is 1. The smallest absolute Gasteiger partial charge is 0.321 e. The Kier molecular flexibility index (Phi) is 6.93. The molecule has 2 aliphatic carbocycles. The quantitative estimate of drug-likeness (QED) is 0.240. The average molecular weight is 645 g/mol. The van der Waals surface area contributed by atoms with Crippen LogP contribution in [-0.4, -0.2) is 79.7 Å². The third-order valence-electron chi connectivity index (χ3n) is 10.9. The molecule has 2 bridgehead atoms. The summed E-state index contributed by atoms with van der Waals surface area (Å²) >= 11 is 0. The number of nitrogens with two attached hydrogens (primary N) is 1. The van der Waals surface area contributed by atoms with Gasteiger partial charge in [0.25, 0.3) is 5.91 Å². The number of nitrogens with zero attached hydrogens (tertiary/aromatic N) is 6. The minimum absolute atomic E-state index is 0.0138. The molecule has 9 rings (SSSR count). The average Bonchev–Trinajstić information content (AvgIpc) is 3.44. The van der Waals surface area contributed by atoms with E-state index in [1.54, 1.807) is 7.11 Å². The van der Waals surface area contributed by atoms with E-state index in [-0.39, 0.29) is 29.9 Å². The number of aromatic nitrogens is 4. The van der Waals surface area contributed by atoms with E-state index in [2.05, 4.69) is 26.6 Å².